The van der Waals surface area contributed by atoms with Crippen molar-refractivity contribution in [1.29, 1.82) is 0 Å². The third kappa shape index (κ3) is 4.78. The fourth-order valence-corrected chi connectivity index (χ4v) is 2.32. The highest BCUT2D eigenvalue weighted by Gasteiger charge is 2.10. The van der Waals surface area contributed by atoms with E-state index >= 15 is 0 Å². The van der Waals surface area contributed by atoms with Gasteiger partial charge in [-0.3, -0.25) is 4.98 Å². The van der Waals surface area contributed by atoms with Gasteiger partial charge in [-0.2, -0.15) is 0 Å². The summed E-state index contributed by atoms with van der Waals surface area (Å²) in [5.74, 6) is 0.503. The number of aromatic nitrogens is 1. The molecule has 1 unspecified atom stereocenters. The summed E-state index contributed by atoms with van der Waals surface area (Å²) in [7, 11) is 0. The number of nitrogens with one attached hydrogen (secondary N) is 2. The van der Waals surface area contributed by atoms with Crippen LogP contribution in [0.2, 0.25) is 0 Å². The van der Waals surface area contributed by atoms with Crippen molar-refractivity contribution in [3.8, 4) is 0 Å². The van der Waals surface area contributed by atoms with E-state index in [1.807, 2.05) is 39.0 Å². The third-order valence-corrected chi connectivity index (χ3v) is 3.90. The third-order valence-electron chi connectivity index (χ3n) is 3.90. The number of aryl methyl sites for hydroxylation is 2. The quantitative estimate of drug-likeness (QED) is 0.650. The summed E-state index contributed by atoms with van der Waals surface area (Å²) < 4.78 is 13.8. The molecule has 1 aromatic carbocycles. The Morgan fingerprint density at radius 3 is 2.71 bits per heavy atom. The fraction of sp³-hybridized carbons (Fsp3) is 0.368. The first-order valence-electron chi connectivity index (χ1n) is 8.22. The fourth-order valence-electron chi connectivity index (χ4n) is 2.32. The topological polar surface area (TPSA) is 49.3 Å². The summed E-state index contributed by atoms with van der Waals surface area (Å²) in [4.78, 5) is 8.94. The summed E-state index contributed by atoms with van der Waals surface area (Å²) in [5, 5.41) is 6.53. The van der Waals surface area contributed by atoms with Crippen molar-refractivity contribution in [1.82, 2.24) is 15.6 Å². The van der Waals surface area contributed by atoms with Crippen LogP contribution >= 0.6 is 0 Å². The van der Waals surface area contributed by atoms with E-state index in [-0.39, 0.29) is 11.9 Å². The molecule has 24 heavy (non-hydrogen) atoms. The number of rotatable bonds is 5. The van der Waals surface area contributed by atoms with Crippen LogP contribution in [0.1, 0.15) is 42.3 Å². The molecule has 0 bridgehead atoms. The highest BCUT2D eigenvalue weighted by atomic mass is 19.1. The molecule has 0 amide bonds. The zero-order chi connectivity index (χ0) is 17.5. The molecule has 0 saturated heterocycles. The Hall–Kier alpha value is -2.43. The van der Waals surface area contributed by atoms with Crippen LogP contribution in [0, 0.1) is 19.7 Å². The predicted octanol–water partition coefficient (Wildman–Crippen LogP) is 3.65. The van der Waals surface area contributed by atoms with Gasteiger partial charge in [0.1, 0.15) is 5.82 Å². The Labute approximate surface area is 143 Å². The molecule has 1 aromatic heterocycles. The van der Waals surface area contributed by atoms with E-state index in [0.29, 0.717) is 18.1 Å². The number of pyridine rings is 1. The van der Waals surface area contributed by atoms with Gasteiger partial charge < -0.3 is 10.6 Å². The minimum Gasteiger partial charge on any atom is -0.357 e. The summed E-state index contributed by atoms with van der Waals surface area (Å²) in [6, 6.07) is 9.19. The second kappa shape index (κ2) is 8.43. The van der Waals surface area contributed by atoms with Crippen molar-refractivity contribution >= 4 is 5.96 Å². The van der Waals surface area contributed by atoms with Gasteiger partial charge in [-0.25, -0.2) is 9.38 Å². The van der Waals surface area contributed by atoms with Crippen molar-refractivity contribution < 1.29 is 4.39 Å². The van der Waals surface area contributed by atoms with Gasteiger partial charge in [0.25, 0.3) is 0 Å². The van der Waals surface area contributed by atoms with Gasteiger partial charge in [0, 0.05) is 12.7 Å². The lowest BCUT2D eigenvalue weighted by Crippen LogP contribution is -2.38. The van der Waals surface area contributed by atoms with Crippen LogP contribution in [-0.2, 0) is 6.54 Å². The molecule has 0 aliphatic rings. The van der Waals surface area contributed by atoms with Crippen LogP contribution in [0.3, 0.4) is 0 Å². The monoisotopic (exact) mass is 328 g/mol. The SMILES string of the molecule is CCNC(=NCc1ncccc1C)NC(C)c1ccc(C)c(F)c1. The molecule has 0 radical (unpaired) electrons. The van der Waals surface area contributed by atoms with E-state index < -0.39 is 0 Å². The molecule has 0 aliphatic heterocycles. The molecule has 0 fully saturated rings. The summed E-state index contributed by atoms with van der Waals surface area (Å²) in [6.07, 6.45) is 1.77. The first-order valence-corrected chi connectivity index (χ1v) is 8.22. The normalized spacial score (nSPS) is 12.8. The predicted molar refractivity (Wildman–Crippen MR) is 96.5 cm³/mol. The van der Waals surface area contributed by atoms with Crippen LogP contribution in [0.15, 0.2) is 41.5 Å². The van der Waals surface area contributed by atoms with Crippen LogP contribution < -0.4 is 10.6 Å². The molecule has 0 aliphatic carbocycles. The van der Waals surface area contributed by atoms with Crippen molar-refractivity contribution in [2.45, 2.75) is 40.3 Å². The van der Waals surface area contributed by atoms with Crippen molar-refractivity contribution in [3.05, 3.63) is 64.7 Å². The number of hydrogen-bond donors (Lipinski definition) is 2. The van der Waals surface area contributed by atoms with Crippen molar-refractivity contribution in [2.24, 2.45) is 4.99 Å². The molecule has 2 rings (SSSR count). The molecule has 1 atom stereocenters. The van der Waals surface area contributed by atoms with E-state index in [1.165, 1.54) is 0 Å². The summed E-state index contributed by atoms with van der Waals surface area (Å²) >= 11 is 0. The first kappa shape index (κ1) is 17.9. The molecule has 2 aromatic rings. The largest absolute Gasteiger partial charge is 0.357 e. The molecule has 4 nitrogen and oxygen atoms in total. The van der Waals surface area contributed by atoms with Gasteiger partial charge >= 0.3 is 0 Å². The van der Waals surface area contributed by atoms with Gasteiger partial charge in [0.15, 0.2) is 5.96 Å². The minimum absolute atomic E-state index is 0.0530. The standard InChI is InChI=1S/C19H25FN4/c1-5-21-19(23-12-18-14(3)7-6-10-22-18)24-15(4)16-9-8-13(2)17(20)11-16/h6-11,15H,5,12H2,1-4H3,(H2,21,23,24). The van der Waals surface area contributed by atoms with Gasteiger partial charge in [-0.15, -0.1) is 0 Å². The van der Waals surface area contributed by atoms with Gasteiger partial charge in [0.05, 0.1) is 18.3 Å². The van der Waals surface area contributed by atoms with E-state index in [1.54, 1.807) is 25.3 Å². The van der Waals surface area contributed by atoms with Crippen LogP contribution in [-0.4, -0.2) is 17.5 Å². The smallest absolute Gasteiger partial charge is 0.192 e. The Kier molecular flexibility index (Phi) is 6.29. The molecule has 128 valence electrons. The number of nitrogens with zero attached hydrogens (tertiary/aromatic N) is 2. The first-order chi connectivity index (χ1) is 11.5. The van der Waals surface area contributed by atoms with Crippen LogP contribution in [0.5, 0.6) is 0 Å². The molecule has 0 saturated carbocycles. The van der Waals surface area contributed by atoms with E-state index in [9.17, 15) is 4.39 Å². The molecule has 1 heterocycles. The van der Waals surface area contributed by atoms with Crippen LogP contribution in [0.25, 0.3) is 0 Å². The average Bonchev–Trinajstić information content (AvgIpc) is 2.56. The maximum absolute atomic E-state index is 13.8. The number of guanidine groups is 1. The second-order valence-electron chi connectivity index (χ2n) is 5.84. The van der Waals surface area contributed by atoms with Gasteiger partial charge in [-0.1, -0.05) is 18.2 Å². The van der Waals surface area contributed by atoms with E-state index in [0.717, 1.165) is 23.4 Å². The maximum atomic E-state index is 13.8. The molecule has 2 N–H and O–H groups in total. The number of halogens is 1. The molecule has 5 heteroatoms. The maximum Gasteiger partial charge on any atom is 0.192 e. The average molecular weight is 328 g/mol. The van der Waals surface area contributed by atoms with Crippen molar-refractivity contribution in [3.63, 3.8) is 0 Å². The van der Waals surface area contributed by atoms with Gasteiger partial charge in [0.2, 0.25) is 0 Å². The second-order valence-corrected chi connectivity index (χ2v) is 5.84. The number of benzene rings is 1. The van der Waals surface area contributed by atoms with Crippen LogP contribution in [0.4, 0.5) is 4.39 Å². The number of aliphatic imine (C=N–C) groups is 1. The molecular formula is C19H25FN4. The molecular weight excluding hydrogens is 303 g/mol. The number of hydrogen-bond acceptors (Lipinski definition) is 2. The Balaban J connectivity index is 2.10. The van der Waals surface area contributed by atoms with E-state index in [4.69, 9.17) is 0 Å². The minimum atomic E-state index is -0.188. The summed E-state index contributed by atoms with van der Waals surface area (Å²) in [5.41, 5.74) is 3.60. The summed E-state index contributed by atoms with van der Waals surface area (Å²) in [6.45, 7) is 9.04. The highest BCUT2D eigenvalue weighted by molar-refractivity contribution is 5.80. The lowest BCUT2D eigenvalue weighted by molar-refractivity contribution is 0.607. The van der Waals surface area contributed by atoms with E-state index in [2.05, 4.69) is 20.6 Å². The van der Waals surface area contributed by atoms with Gasteiger partial charge in [-0.05, 0) is 56.5 Å². The molecule has 0 spiro atoms. The Morgan fingerprint density at radius 2 is 2.04 bits per heavy atom. The highest BCUT2D eigenvalue weighted by Crippen LogP contribution is 2.16. The zero-order valence-electron chi connectivity index (χ0n) is 14.7. The lowest BCUT2D eigenvalue weighted by atomic mass is 10.1. The Morgan fingerprint density at radius 1 is 1.25 bits per heavy atom. The zero-order valence-corrected chi connectivity index (χ0v) is 14.7. The Bertz CT molecular complexity index is 712. The van der Waals surface area contributed by atoms with Crippen molar-refractivity contribution in [2.75, 3.05) is 6.54 Å². The lowest BCUT2D eigenvalue weighted by Gasteiger charge is -2.18.